The molecular formula is C17H15BrClNO4. The Bertz CT molecular complexity index is 734. The van der Waals surface area contributed by atoms with E-state index in [9.17, 15) is 9.59 Å². The van der Waals surface area contributed by atoms with Crippen LogP contribution >= 0.6 is 27.5 Å². The van der Waals surface area contributed by atoms with E-state index in [0.717, 1.165) is 0 Å². The van der Waals surface area contributed by atoms with Crippen molar-refractivity contribution < 1.29 is 19.1 Å². The first-order valence-electron chi connectivity index (χ1n) is 7.14. The van der Waals surface area contributed by atoms with Crippen LogP contribution in [-0.2, 0) is 9.53 Å². The van der Waals surface area contributed by atoms with Gasteiger partial charge in [-0.15, -0.1) is 0 Å². The molecule has 0 bridgehead atoms. The lowest BCUT2D eigenvalue weighted by molar-refractivity contribution is -0.118. The van der Waals surface area contributed by atoms with Gasteiger partial charge in [0.2, 0.25) is 0 Å². The molecule has 0 aliphatic carbocycles. The van der Waals surface area contributed by atoms with Crippen LogP contribution in [-0.4, -0.2) is 25.1 Å². The van der Waals surface area contributed by atoms with Crippen LogP contribution < -0.4 is 10.1 Å². The maximum absolute atomic E-state index is 11.9. The Balaban J connectivity index is 1.89. The van der Waals surface area contributed by atoms with Crippen LogP contribution in [0.5, 0.6) is 5.75 Å². The first kappa shape index (κ1) is 18.3. The minimum atomic E-state index is -0.397. The number of benzene rings is 2. The lowest BCUT2D eigenvalue weighted by atomic mass is 10.2. The molecule has 2 aromatic carbocycles. The summed E-state index contributed by atoms with van der Waals surface area (Å²) in [4.78, 5) is 23.5. The quantitative estimate of drug-likeness (QED) is 0.719. The molecule has 0 spiro atoms. The van der Waals surface area contributed by atoms with Crippen LogP contribution in [0, 0.1) is 0 Å². The SMILES string of the molecule is CCOC(=O)c1ccc(NC(=O)COc2ccc(Cl)cc2Br)cc1. The number of hydrogen-bond acceptors (Lipinski definition) is 4. The number of hydrogen-bond donors (Lipinski definition) is 1. The fourth-order valence-corrected chi connectivity index (χ4v) is 2.63. The fraction of sp³-hybridized carbons (Fsp3) is 0.176. The van der Waals surface area contributed by atoms with Crippen molar-refractivity contribution in [2.75, 3.05) is 18.5 Å². The van der Waals surface area contributed by atoms with Gasteiger partial charge in [0.1, 0.15) is 5.75 Å². The van der Waals surface area contributed by atoms with Crippen molar-refractivity contribution in [3.8, 4) is 5.75 Å². The second kappa shape index (κ2) is 8.70. The van der Waals surface area contributed by atoms with Crippen LogP contribution in [0.4, 0.5) is 5.69 Å². The molecule has 0 radical (unpaired) electrons. The van der Waals surface area contributed by atoms with E-state index in [4.69, 9.17) is 21.1 Å². The zero-order valence-electron chi connectivity index (χ0n) is 12.8. The molecule has 0 heterocycles. The van der Waals surface area contributed by atoms with Crippen molar-refractivity contribution in [2.45, 2.75) is 6.92 Å². The number of nitrogens with one attached hydrogen (secondary N) is 1. The van der Waals surface area contributed by atoms with Crippen molar-refractivity contribution in [3.05, 3.63) is 57.5 Å². The summed E-state index contributed by atoms with van der Waals surface area (Å²) in [6, 6.07) is 11.5. The van der Waals surface area contributed by atoms with Gasteiger partial charge >= 0.3 is 5.97 Å². The highest BCUT2D eigenvalue weighted by atomic mass is 79.9. The van der Waals surface area contributed by atoms with Gasteiger partial charge in [0, 0.05) is 10.7 Å². The average Bonchev–Trinajstić information content (AvgIpc) is 2.55. The molecule has 0 aliphatic rings. The molecule has 0 fully saturated rings. The topological polar surface area (TPSA) is 64.6 Å². The van der Waals surface area contributed by atoms with Gasteiger partial charge in [-0.05, 0) is 65.3 Å². The predicted molar refractivity (Wildman–Crippen MR) is 95.7 cm³/mol. The number of carbonyl (C=O) groups excluding carboxylic acids is 2. The summed E-state index contributed by atoms with van der Waals surface area (Å²) in [5, 5.41) is 3.25. The van der Waals surface area contributed by atoms with Gasteiger partial charge in [-0.2, -0.15) is 0 Å². The summed E-state index contributed by atoms with van der Waals surface area (Å²) < 4.78 is 11.0. The molecule has 126 valence electrons. The van der Waals surface area contributed by atoms with E-state index in [0.29, 0.717) is 33.1 Å². The molecule has 0 aromatic heterocycles. The van der Waals surface area contributed by atoms with Crippen LogP contribution in [0.2, 0.25) is 5.02 Å². The summed E-state index contributed by atoms with van der Waals surface area (Å²) in [5.74, 6) is -0.195. The first-order valence-corrected chi connectivity index (χ1v) is 8.31. The van der Waals surface area contributed by atoms with Crippen molar-refractivity contribution in [2.24, 2.45) is 0 Å². The highest BCUT2D eigenvalue weighted by Gasteiger charge is 2.09. The molecule has 0 saturated heterocycles. The van der Waals surface area contributed by atoms with Crippen LogP contribution in [0.25, 0.3) is 0 Å². The third-order valence-corrected chi connectivity index (χ3v) is 3.79. The number of carbonyl (C=O) groups is 2. The molecule has 7 heteroatoms. The number of halogens is 2. The third-order valence-electron chi connectivity index (χ3n) is 2.93. The van der Waals surface area contributed by atoms with Gasteiger partial charge in [-0.1, -0.05) is 11.6 Å². The average molecular weight is 413 g/mol. The van der Waals surface area contributed by atoms with Crippen LogP contribution in [0.3, 0.4) is 0 Å². The Labute approximate surface area is 153 Å². The number of ether oxygens (including phenoxy) is 2. The van der Waals surface area contributed by atoms with Gasteiger partial charge in [-0.3, -0.25) is 4.79 Å². The zero-order valence-corrected chi connectivity index (χ0v) is 15.2. The Hall–Kier alpha value is -2.05. The van der Waals surface area contributed by atoms with Gasteiger partial charge < -0.3 is 14.8 Å². The number of rotatable bonds is 6. The molecule has 1 amide bonds. The van der Waals surface area contributed by atoms with Crippen LogP contribution in [0.1, 0.15) is 17.3 Å². The summed E-state index contributed by atoms with van der Waals surface area (Å²) in [6.07, 6.45) is 0. The van der Waals surface area contributed by atoms with E-state index < -0.39 is 5.97 Å². The molecule has 0 aliphatic heterocycles. The Kier molecular flexibility index (Phi) is 6.63. The van der Waals surface area contributed by atoms with E-state index in [1.165, 1.54) is 0 Å². The van der Waals surface area contributed by atoms with Crippen molar-refractivity contribution in [1.29, 1.82) is 0 Å². The fourth-order valence-electron chi connectivity index (χ4n) is 1.84. The van der Waals surface area contributed by atoms with E-state index >= 15 is 0 Å². The maximum atomic E-state index is 11.9. The molecule has 2 aromatic rings. The highest BCUT2D eigenvalue weighted by molar-refractivity contribution is 9.10. The number of amides is 1. The molecular weight excluding hydrogens is 398 g/mol. The monoisotopic (exact) mass is 411 g/mol. The third kappa shape index (κ3) is 5.25. The Morgan fingerprint density at radius 2 is 1.88 bits per heavy atom. The minimum Gasteiger partial charge on any atom is -0.483 e. The second-order valence-corrected chi connectivity index (χ2v) is 6.00. The molecule has 1 N–H and O–H groups in total. The summed E-state index contributed by atoms with van der Waals surface area (Å²) in [6.45, 7) is 1.90. The second-order valence-electron chi connectivity index (χ2n) is 4.71. The molecule has 2 rings (SSSR count). The zero-order chi connectivity index (χ0) is 17.5. The van der Waals surface area contributed by atoms with Gasteiger partial charge in [0.15, 0.2) is 6.61 Å². The van der Waals surface area contributed by atoms with Gasteiger partial charge in [0.05, 0.1) is 16.6 Å². The summed E-state index contributed by atoms with van der Waals surface area (Å²) >= 11 is 9.16. The maximum Gasteiger partial charge on any atom is 0.338 e. The van der Waals surface area contributed by atoms with Gasteiger partial charge in [-0.25, -0.2) is 4.79 Å². The molecule has 0 unspecified atom stereocenters. The largest absolute Gasteiger partial charge is 0.483 e. The smallest absolute Gasteiger partial charge is 0.338 e. The van der Waals surface area contributed by atoms with Crippen molar-refractivity contribution in [1.82, 2.24) is 0 Å². The summed E-state index contributed by atoms with van der Waals surface area (Å²) in [5.41, 5.74) is 0.989. The number of anilines is 1. The lowest BCUT2D eigenvalue weighted by Crippen LogP contribution is -2.20. The first-order chi connectivity index (χ1) is 11.5. The molecule has 0 saturated carbocycles. The van der Waals surface area contributed by atoms with Crippen LogP contribution in [0.15, 0.2) is 46.9 Å². The molecule has 0 atom stereocenters. The lowest BCUT2D eigenvalue weighted by Gasteiger charge is -2.09. The molecule has 24 heavy (non-hydrogen) atoms. The van der Waals surface area contributed by atoms with E-state index in [2.05, 4.69) is 21.2 Å². The van der Waals surface area contributed by atoms with Crippen molar-refractivity contribution >= 4 is 45.1 Å². The van der Waals surface area contributed by atoms with E-state index in [-0.39, 0.29) is 12.5 Å². The minimum absolute atomic E-state index is 0.153. The Morgan fingerprint density at radius 3 is 2.50 bits per heavy atom. The van der Waals surface area contributed by atoms with E-state index in [1.807, 2.05) is 0 Å². The standard InChI is InChI=1S/C17H15BrClNO4/c1-2-23-17(22)11-3-6-13(7-4-11)20-16(21)10-24-15-8-5-12(19)9-14(15)18/h3-9H,2,10H2,1H3,(H,20,21). The van der Waals surface area contributed by atoms with Crippen molar-refractivity contribution in [3.63, 3.8) is 0 Å². The Morgan fingerprint density at radius 1 is 1.17 bits per heavy atom. The normalized spacial score (nSPS) is 10.1. The van der Waals surface area contributed by atoms with Gasteiger partial charge in [0.25, 0.3) is 5.91 Å². The highest BCUT2D eigenvalue weighted by Crippen LogP contribution is 2.27. The summed E-state index contributed by atoms with van der Waals surface area (Å²) in [7, 11) is 0. The van der Waals surface area contributed by atoms with E-state index in [1.54, 1.807) is 49.4 Å². The number of esters is 1. The molecule has 5 nitrogen and oxygen atoms in total. The predicted octanol–water partition coefficient (Wildman–Crippen LogP) is 4.30.